The molecule has 0 bridgehead atoms. The van der Waals surface area contributed by atoms with E-state index in [9.17, 15) is 44.7 Å². The van der Waals surface area contributed by atoms with Gasteiger partial charge in [-0.1, -0.05) is 61.0 Å². The third kappa shape index (κ3) is 8.83. The Morgan fingerprint density at radius 2 is 1.71 bits per heavy atom. The second-order valence-corrected chi connectivity index (χ2v) is 14.8. The Bertz CT molecular complexity index is 1990. The molecule has 3 aromatic carbocycles. The Labute approximate surface area is 295 Å². The summed E-state index contributed by atoms with van der Waals surface area (Å²) in [5.74, 6) is -1.62. The molecule has 1 aromatic heterocycles. The normalized spacial score (nSPS) is 15.6. The van der Waals surface area contributed by atoms with Crippen LogP contribution in [0.1, 0.15) is 52.9 Å². The number of aliphatic hydroxyl groups is 1. The number of rotatable bonds is 11. The van der Waals surface area contributed by atoms with Crippen LogP contribution in [-0.2, 0) is 22.6 Å². The van der Waals surface area contributed by atoms with E-state index >= 15 is 0 Å². The van der Waals surface area contributed by atoms with Crippen LogP contribution in [0.5, 0.6) is 0 Å². The third-order valence-electron chi connectivity index (χ3n) is 8.79. The van der Waals surface area contributed by atoms with E-state index < -0.39 is 39.7 Å². The smallest absolute Gasteiger partial charge is 0.395 e. The van der Waals surface area contributed by atoms with Crippen LogP contribution in [0.25, 0.3) is 22.2 Å². The lowest BCUT2D eigenvalue weighted by Gasteiger charge is -2.33. The number of amides is 1. The van der Waals surface area contributed by atoms with E-state index in [1.165, 1.54) is 43.3 Å². The van der Waals surface area contributed by atoms with E-state index in [0.29, 0.717) is 32.5 Å². The molecule has 1 saturated heterocycles. The monoisotopic (exact) mass is 756 g/mol. The Hall–Kier alpha value is -3.76. The SMILES string of the molecule is CCS(=O)(=O)c1cc2c(C(=O)NC(c3ccccc3)C(F)(F)F)c(CN3CCC(NCCO)CC3)c(-c3cccc(C(F)(F)F)c3)nc2cc1Cl. The van der Waals surface area contributed by atoms with Gasteiger partial charge in [-0.25, -0.2) is 13.4 Å². The number of aromatic nitrogens is 1. The maximum Gasteiger partial charge on any atom is 0.416 e. The van der Waals surface area contributed by atoms with Crippen molar-refractivity contribution < 1.29 is 44.7 Å². The number of sulfone groups is 1. The minimum Gasteiger partial charge on any atom is -0.395 e. The maximum atomic E-state index is 14.6. The van der Waals surface area contributed by atoms with Gasteiger partial charge in [0.15, 0.2) is 15.9 Å². The molecule has 0 saturated carbocycles. The summed E-state index contributed by atoms with van der Waals surface area (Å²) in [6.45, 7) is 2.41. The molecule has 5 rings (SSSR count). The van der Waals surface area contributed by atoms with Crippen molar-refractivity contribution in [1.29, 1.82) is 0 Å². The van der Waals surface area contributed by atoms with E-state index in [4.69, 9.17) is 11.6 Å². The van der Waals surface area contributed by atoms with E-state index in [-0.39, 0.29) is 73.7 Å². The molecule has 16 heteroatoms. The lowest BCUT2D eigenvalue weighted by molar-refractivity contribution is -0.155. The first-order valence-electron chi connectivity index (χ1n) is 16.1. The number of hydrogen-bond acceptors (Lipinski definition) is 7. The lowest BCUT2D eigenvalue weighted by atomic mass is 9.93. The van der Waals surface area contributed by atoms with Crippen LogP contribution >= 0.6 is 11.6 Å². The fourth-order valence-electron chi connectivity index (χ4n) is 6.18. The molecule has 1 aliphatic rings. The molecule has 51 heavy (non-hydrogen) atoms. The molecule has 0 radical (unpaired) electrons. The summed E-state index contributed by atoms with van der Waals surface area (Å²) in [7, 11) is -4.02. The van der Waals surface area contributed by atoms with Crippen molar-refractivity contribution in [1.82, 2.24) is 20.5 Å². The number of carbonyl (C=O) groups excluding carboxylic acids is 1. The van der Waals surface area contributed by atoms with Crippen molar-refractivity contribution in [2.24, 2.45) is 0 Å². The number of pyridine rings is 1. The van der Waals surface area contributed by atoms with Crippen LogP contribution in [0.3, 0.4) is 0 Å². The van der Waals surface area contributed by atoms with Crippen LogP contribution in [0.15, 0.2) is 71.6 Å². The quantitative estimate of drug-likeness (QED) is 0.142. The third-order valence-corrected chi connectivity index (χ3v) is 11.0. The van der Waals surface area contributed by atoms with Crippen LogP contribution < -0.4 is 10.6 Å². The number of halogens is 7. The summed E-state index contributed by atoms with van der Waals surface area (Å²) in [6.07, 6.45) is -8.52. The number of benzene rings is 3. The number of likely N-dealkylation sites (tertiary alicyclic amines) is 1. The molecule has 2 heterocycles. The number of nitrogens with zero attached hydrogens (tertiary/aromatic N) is 2. The highest BCUT2D eigenvalue weighted by Crippen LogP contribution is 2.39. The number of alkyl halides is 6. The van der Waals surface area contributed by atoms with Gasteiger partial charge in [-0.05, 0) is 55.8 Å². The van der Waals surface area contributed by atoms with Gasteiger partial charge in [0.25, 0.3) is 5.91 Å². The Balaban J connectivity index is 1.78. The summed E-state index contributed by atoms with van der Waals surface area (Å²) in [6, 6.07) is 10.7. The van der Waals surface area contributed by atoms with Crippen molar-refractivity contribution in [3.05, 3.63) is 94.0 Å². The van der Waals surface area contributed by atoms with E-state index in [1.54, 1.807) is 0 Å². The summed E-state index contributed by atoms with van der Waals surface area (Å²) >= 11 is 6.40. The molecule has 3 N–H and O–H groups in total. The van der Waals surface area contributed by atoms with Gasteiger partial charge in [0, 0.05) is 35.6 Å². The minimum absolute atomic E-state index is 0.0113. The average Bonchev–Trinajstić information content (AvgIpc) is 3.09. The fraction of sp³-hybridized carbons (Fsp3) is 0.371. The Kier molecular flexibility index (Phi) is 11.7. The van der Waals surface area contributed by atoms with Gasteiger partial charge in [-0.3, -0.25) is 9.69 Å². The fourth-order valence-corrected chi connectivity index (χ4v) is 7.66. The predicted octanol–water partition coefficient (Wildman–Crippen LogP) is 6.95. The Morgan fingerprint density at radius 1 is 1.02 bits per heavy atom. The zero-order valence-corrected chi connectivity index (χ0v) is 28.9. The van der Waals surface area contributed by atoms with Crippen LogP contribution in [0, 0.1) is 0 Å². The molecule has 1 atom stereocenters. The van der Waals surface area contributed by atoms with Gasteiger partial charge >= 0.3 is 12.4 Å². The molecule has 1 unspecified atom stereocenters. The number of aliphatic hydroxyl groups excluding tert-OH is 1. The number of fused-ring (bicyclic) bond motifs is 1. The molecule has 0 spiro atoms. The number of hydrogen-bond donors (Lipinski definition) is 3. The zero-order valence-electron chi connectivity index (χ0n) is 27.3. The van der Waals surface area contributed by atoms with Crippen molar-refractivity contribution in [2.45, 2.75) is 55.6 Å². The van der Waals surface area contributed by atoms with Gasteiger partial charge in [-0.2, -0.15) is 26.3 Å². The molecule has 4 aromatic rings. The first-order valence-corrected chi connectivity index (χ1v) is 18.1. The molecule has 1 amide bonds. The Morgan fingerprint density at radius 3 is 2.31 bits per heavy atom. The summed E-state index contributed by atoms with van der Waals surface area (Å²) < 4.78 is 112. The van der Waals surface area contributed by atoms with Crippen LogP contribution in [0.2, 0.25) is 5.02 Å². The first-order chi connectivity index (χ1) is 24.0. The molecular weight excluding hydrogens is 722 g/mol. The molecule has 1 fully saturated rings. The second-order valence-electron chi connectivity index (χ2n) is 12.2. The van der Waals surface area contributed by atoms with Gasteiger partial charge in [0.1, 0.15) is 0 Å². The second kappa shape index (κ2) is 15.5. The number of carbonyl (C=O) groups is 1. The van der Waals surface area contributed by atoms with Gasteiger partial charge in [0.05, 0.1) is 44.6 Å². The maximum absolute atomic E-state index is 14.6. The molecule has 8 nitrogen and oxygen atoms in total. The van der Waals surface area contributed by atoms with Crippen molar-refractivity contribution in [3.63, 3.8) is 0 Å². The van der Waals surface area contributed by atoms with Gasteiger partial charge in [-0.15, -0.1) is 0 Å². The highest BCUT2D eigenvalue weighted by molar-refractivity contribution is 7.91. The topological polar surface area (TPSA) is 112 Å². The summed E-state index contributed by atoms with van der Waals surface area (Å²) in [4.78, 5) is 20.5. The number of piperidine rings is 1. The zero-order chi connectivity index (χ0) is 37.1. The van der Waals surface area contributed by atoms with Crippen LogP contribution in [-0.4, -0.2) is 73.5 Å². The molecule has 0 aliphatic carbocycles. The minimum atomic E-state index is -4.96. The van der Waals surface area contributed by atoms with Gasteiger partial charge < -0.3 is 15.7 Å². The summed E-state index contributed by atoms with van der Waals surface area (Å²) in [5.41, 5.74) is -1.92. The van der Waals surface area contributed by atoms with E-state index in [1.807, 2.05) is 4.90 Å². The highest BCUT2D eigenvalue weighted by Gasteiger charge is 2.43. The van der Waals surface area contributed by atoms with Crippen LogP contribution in [0.4, 0.5) is 26.3 Å². The largest absolute Gasteiger partial charge is 0.416 e. The first kappa shape index (κ1) is 38.5. The van der Waals surface area contributed by atoms with Crippen molar-refractivity contribution in [2.75, 3.05) is 32.0 Å². The van der Waals surface area contributed by atoms with E-state index in [2.05, 4.69) is 15.6 Å². The van der Waals surface area contributed by atoms with Crippen molar-refractivity contribution in [3.8, 4) is 11.3 Å². The lowest BCUT2D eigenvalue weighted by Crippen LogP contribution is -2.43. The molecule has 1 aliphatic heterocycles. The standard InChI is InChI=1S/C35H35ClF6N4O4S/c1-2-51(49,50)29-18-25-28(19-27(29)36)44-31(22-9-6-10-23(17-22)34(37,38)39)26(20-46-14-11-24(12-15-46)43-13-16-47)30(25)33(48)45-32(35(40,41)42)21-7-4-3-5-8-21/h3-10,17-19,24,32,43,47H,2,11-16,20H2,1H3,(H,45,48). The van der Waals surface area contributed by atoms with Crippen molar-refractivity contribution >= 4 is 38.2 Å². The summed E-state index contributed by atoms with van der Waals surface area (Å²) in [5, 5.41) is 14.1. The molecular formula is C35H35ClF6N4O4S. The number of nitrogens with one attached hydrogen (secondary N) is 2. The van der Waals surface area contributed by atoms with Gasteiger partial charge in [0.2, 0.25) is 0 Å². The predicted molar refractivity (Wildman–Crippen MR) is 181 cm³/mol. The average molecular weight is 757 g/mol. The van der Waals surface area contributed by atoms with E-state index in [0.717, 1.165) is 30.3 Å². The highest BCUT2D eigenvalue weighted by atomic mass is 35.5. The molecule has 274 valence electrons.